The molecule has 0 spiro atoms. The molecule has 0 aliphatic carbocycles. The fourth-order valence-corrected chi connectivity index (χ4v) is 3.66. The molecule has 0 radical (unpaired) electrons. The van der Waals surface area contributed by atoms with Gasteiger partial charge in [-0.1, -0.05) is 12.1 Å². The van der Waals surface area contributed by atoms with E-state index in [2.05, 4.69) is 11.1 Å². The highest BCUT2D eigenvalue weighted by Gasteiger charge is 2.23. The summed E-state index contributed by atoms with van der Waals surface area (Å²) in [5.74, 6) is 2.01. The molecular formula is C27H21N3O6. The van der Waals surface area contributed by atoms with Crippen LogP contribution in [-0.2, 0) is 0 Å². The lowest BCUT2D eigenvalue weighted by molar-refractivity contribution is -0.385. The number of aliphatic imine (C=N–C) groups is 1. The van der Waals surface area contributed by atoms with Crippen LogP contribution in [0.25, 0.3) is 22.5 Å². The van der Waals surface area contributed by atoms with Crippen molar-refractivity contribution >= 4 is 17.8 Å². The molecule has 0 N–H and O–H groups in total. The van der Waals surface area contributed by atoms with Gasteiger partial charge in [-0.25, -0.2) is 4.99 Å². The average Bonchev–Trinajstić information content (AvgIpc) is 3.30. The number of hydrogen-bond acceptors (Lipinski definition) is 8. The second-order valence-electron chi connectivity index (χ2n) is 7.50. The molecule has 0 fully saturated rings. The van der Waals surface area contributed by atoms with Gasteiger partial charge < -0.3 is 18.6 Å². The number of hydrogen-bond donors (Lipinski definition) is 0. The van der Waals surface area contributed by atoms with Crippen molar-refractivity contribution in [1.82, 2.24) is 0 Å². The molecule has 4 aromatic rings. The zero-order valence-electron chi connectivity index (χ0n) is 19.7. The summed E-state index contributed by atoms with van der Waals surface area (Å²) in [6.45, 7) is 0. The molecule has 0 amide bonds. The standard InChI is InChI=1S/C27H21N3O6/c1-33-20-9-5-18(6-10-20)25-22(15-28)27(36-26(25)19-7-11-21(34-2)12-8-19)29-16-17-4-13-24(35-3)23(14-17)30(31)32/h4-14,16H,1-3H3/b29-16+. The zero-order chi connectivity index (χ0) is 25.7. The minimum absolute atomic E-state index is 0.0765. The molecule has 0 unspecified atom stereocenters. The lowest BCUT2D eigenvalue weighted by Crippen LogP contribution is -1.95. The molecule has 3 aromatic carbocycles. The lowest BCUT2D eigenvalue weighted by atomic mass is 9.98. The Morgan fingerprint density at radius 2 is 1.53 bits per heavy atom. The first-order valence-corrected chi connectivity index (χ1v) is 10.7. The number of rotatable bonds is 8. The fraction of sp³-hybridized carbons (Fsp3) is 0.111. The van der Waals surface area contributed by atoms with Gasteiger partial charge in [0.15, 0.2) is 5.75 Å². The smallest absolute Gasteiger partial charge is 0.311 e. The first-order valence-electron chi connectivity index (χ1n) is 10.7. The Morgan fingerprint density at radius 3 is 2.06 bits per heavy atom. The Balaban J connectivity index is 1.85. The van der Waals surface area contributed by atoms with Crippen molar-refractivity contribution in [2.24, 2.45) is 4.99 Å². The second-order valence-corrected chi connectivity index (χ2v) is 7.50. The van der Waals surface area contributed by atoms with E-state index in [1.165, 1.54) is 25.5 Å². The summed E-state index contributed by atoms with van der Waals surface area (Å²) in [5, 5.41) is 21.4. The molecule has 0 saturated carbocycles. The van der Waals surface area contributed by atoms with E-state index in [0.29, 0.717) is 28.4 Å². The van der Waals surface area contributed by atoms with Gasteiger partial charge in [-0.15, -0.1) is 0 Å². The normalized spacial score (nSPS) is 10.7. The van der Waals surface area contributed by atoms with Crippen LogP contribution in [0.4, 0.5) is 11.6 Å². The van der Waals surface area contributed by atoms with Gasteiger partial charge in [-0.05, 0) is 59.7 Å². The Morgan fingerprint density at radius 1 is 0.917 bits per heavy atom. The number of nitrogens with zero attached hydrogens (tertiary/aromatic N) is 3. The number of furan rings is 1. The Kier molecular flexibility index (Phi) is 6.97. The molecule has 180 valence electrons. The van der Waals surface area contributed by atoms with Crippen molar-refractivity contribution in [3.63, 3.8) is 0 Å². The summed E-state index contributed by atoms with van der Waals surface area (Å²) in [6.07, 6.45) is 1.40. The van der Waals surface area contributed by atoms with E-state index >= 15 is 0 Å². The maximum atomic E-state index is 11.4. The van der Waals surface area contributed by atoms with Gasteiger partial charge in [0.1, 0.15) is 28.9 Å². The molecule has 0 saturated heterocycles. The minimum atomic E-state index is -0.534. The van der Waals surface area contributed by atoms with Crippen molar-refractivity contribution in [2.75, 3.05) is 21.3 Å². The maximum Gasteiger partial charge on any atom is 0.311 e. The van der Waals surface area contributed by atoms with E-state index < -0.39 is 4.92 Å². The lowest BCUT2D eigenvalue weighted by Gasteiger charge is -2.06. The van der Waals surface area contributed by atoms with E-state index in [1.54, 1.807) is 44.6 Å². The van der Waals surface area contributed by atoms with Gasteiger partial charge >= 0.3 is 5.69 Å². The first kappa shape index (κ1) is 24.0. The quantitative estimate of drug-likeness (QED) is 0.167. The molecule has 0 atom stereocenters. The number of benzene rings is 3. The molecule has 9 heteroatoms. The highest BCUT2D eigenvalue weighted by Crippen LogP contribution is 2.43. The molecule has 1 heterocycles. The molecule has 0 aliphatic heterocycles. The predicted molar refractivity (Wildman–Crippen MR) is 134 cm³/mol. The third kappa shape index (κ3) is 4.74. The van der Waals surface area contributed by atoms with Crippen molar-refractivity contribution in [2.45, 2.75) is 0 Å². The Hall–Kier alpha value is -5.10. The van der Waals surface area contributed by atoms with Crippen LogP contribution < -0.4 is 14.2 Å². The van der Waals surface area contributed by atoms with Crippen LogP contribution in [0.5, 0.6) is 17.2 Å². The van der Waals surface area contributed by atoms with Gasteiger partial charge in [0.05, 0.1) is 26.3 Å². The van der Waals surface area contributed by atoms with Crippen molar-refractivity contribution in [1.29, 1.82) is 5.26 Å². The van der Waals surface area contributed by atoms with Gasteiger partial charge in [-0.2, -0.15) is 5.26 Å². The van der Waals surface area contributed by atoms with Crippen molar-refractivity contribution in [3.8, 4) is 45.8 Å². The molecular weight excluding hydrogens is 462 g/mol. The van der Waals surface area contributed by atoms with Crippen LogP contribution in [0.15, 0.2) is 76.1 Å². The monoisotopic (exact) mass is 483 g/mol. The molecule has 0 bridgehead atoms. The third-order valence-electron chi connectivity index (χ3n) is 5.46. The van der Waals surface area contributed by atoms with E-state index in [4.69, 9.17) is 18.6 Å². The van der Waals surface area contributed by atoms with Gasteiger partial charge in [0.25, 0.3) is 0 Å². The Labute approximate surface area is 207 Å². The van der Waals surface area contributed by atoms with Crippen LogP contribution in [0.3, 0.4) is 0 Å². The van der Waals surface area contributed by atoms with E-state index in [9.17, 15) is 15.4 Å². The minimum Gasteiger partial charge on any atom is -0.497 e. The summed E-state index contributed by atoms with van der Waals surface area (Å²) in [5.41, 5.74) is 2.51. The van der Waals surface area contributed by atoms with Gasteiger partial charge in [0, 0.05) is 23.4 Å². The highest BCUT2D eigenvalue weighted by atomic mass is 16.6. The maximum absolute atomic E-state index is 11.4. The number of methoxy groups -OCH3 is 3. The fourth-order valence-electron chi connectivity index (χ4n) is 3.66. The van der Waals surface area contributed by atoms with Crippen molar-refractivity contribution < 1.29 is 23.6 Å². The predicted octanol–water partition coefficient (Wildman–Crippen LogP) is 6.17. The molecule has 0 aliphatic rings. The van der Waals surface area contributed by atoms with Crippen LogP contribution in [0.1, 0.15) is 11.1 Å². The topological polar surface area (TPSA) is 120 Å². The van der Waals surface area contributed by atoms with Crippen LogP contribution in [0, 0.1) is 21.4 Å². The van der Waals surface area contributed by atoms with Crippen LogP contribution >= 0.6 is 0 Å². The highest BCUT2D eigenvalue weighted by molar-refractivity contribution is 5.90. The average molecular weight is 483 g/mol. The number of nitro benzene ring substituents is 1. The number of nitro groups is 1. The molecule has 1 aromatic heterocycles. The number of ether oxygens (including phenoxy) is 3. The van der Waals surface area contributed by atoms with Crippen LogP contribution in [0.2, 0.25) is 0 Å². The Bertz CT molecular complexity index is 1470. The number of nitriles is 1. The van der Waals surface area contributed by atoms with E-state index in [1.807, 2.05) is 24.3 Å². The van der Waals surface area contributed by atoms with Crippen LogP contribution in [-0.4, -0.2) is 32.5 Å². The van der Waals surface area contributed by atoms with E-state index in [0.717, 1.165) is 11.1 Å². The molecule has 36 heavy (non-hydrogen) atoms. The SMILES string of the molecule is COc1ccc(-c2oc(/N=C/c3ccc(OC)c([N+](=O)[O-])c3)c(C#N)c2-c2ccc(OC)cc2)cc1. The summed E-state index contributed by atoms with van der Waals surface area (Å²) >= 11 is 0. The summed E-state index contributed by atoms with van der Waals surface area (Å²) in [6, 6.07) is 21.1. The summed E-state index contributed by atoms with van der Waals surface area (Å²) < 4.78 is 21.6. The largest absolute Gasteiger partial charge is 0.497 e. The van der Waals surface area contributed by atoms with Crippen molar-refractivity contribution in [3.05, 3.63) is 88.0 Å². The zero-order valence-corrected chi connectivity index (χ0v) is 19.7. The summed E-state index contributed by atoms with van der Waals surface area (Å²) in [7, 11) is 4.51. The third-order valence-corrected chi connectivity index (χ3v) is 5.46. The first-order chi connectivity index (χ1) is 17.5. The summed E-state index contributed by atoms with van der Waals surface area (Å²) in [4.78, 5) is 15.2. The van der Waals surface area contributed by atoms with Gasteiger partial charge in [0.2, 0.25) is 5.88 Å². The molecule has 9 nitrogen and oxygen atoms in total. The van der Waals surface area contributed by atoms with E-state index in [-0.39, 0.29) is 22.9 Å². The molecule has 4 rings (SSSR count). The van der Waals surface area contributed by atoms with Gasteiger partial charge in [-0.3, -0.25) is 10.1 Å². The second kappa shape index (κ2) is 10.4.